The van der Waals surface area contributed by atoms with Crippen molar-refractivity contribution < 1.29 is 48.7 Å². The van der Waals surface area contributed by atoms with Crippen molar-refractivity contribution in [1.82, 2.24) is 10.6 Å². The molecule has 320 valence electrons. The van der Waals surface area contributed by atoms with Crippen LogP contribution in [-0.2, 0) is 39.6 Å². The molecule has 0 saturated heterocycles. The highest BCUT2D eigenvalue weighted by Crippen LogP contribution is 2.51. The highest BCUT2D eigenvalue weighted by atomic mass is 16.4. The summed E-state index contributed by atoms with van der Waals surface area (Å²) in [6.45, 7) is 9.05. The van der Waals surface area contributed by atoms with E-state index >= 15 is 0 Å². The van der Waals surface area contributed by atoms with E-state index < -0.39 is 65.5 Å². The molecule has 0 aliphatic carbocycles. The van der Waals surface area contributed by atoms with Crippen LogP contribution in [0.15, 0.2) is 121 Å². The van der Waals surface area contributed by atoms with Crippen molar-refractivity contribution >= 4 is 74.6 Å². The van der Waals surface area contributed by atoms with Crippen molar-refractivity contribution in [2.75, 3.05) is 18.0 Å². The van der Waals surface area contributed by atoms with Crippen LogP contribution in [0.4, 0.5) is 11.4 Å². The average Bonchev–Trinajstić information content (AvgIpc) is 3.58. The number of carbonyl (C=O) groups excluding carboxylic acids is 3. The first-order valence-corrected chi connectivity index (χ1v) is 20.4. The van der Waals surface area contributed by atoms with E-state index in [1.54, 1.807) is 0 Å². The molecule has 4 aromatic carbocycles. The molecule has 6 rings (SSSR count). The van der Waals surface area contributed by atoms with Crippen molar-refractivity contribution in [3.63, 3.8) is 0 Å². The Kier molecular flexibility index (Phi) is 13.3. The summed E-state index contributed by atoms with van der Waals surface area (Å²) in [5, 5.41) is 37.0. The third kappa shape index (κ3) is 9.41. The predicted octanol–water partition coefficient (Wildman–Crippen LogP) is 6.70. The maximum absolute atomic E-state index is 13.0. The number of hydrogen-bond acceptors (Lipinski definition) is 7. The molecule has 0 fully saturated rings. The molecule has 0 saturated carbocycles. The summed E-state index contributed by atoms with van der Waals surface area (Å²) in [5.41, 5.74) is 5.06. The minimum absolute atomic E-state index is 0.0299. The number of carboxylic acids is 3. The molecule has 2 unspecified atom stereocenters. The Morgan fingerprint density at radius 3 is 1.94 bits per heavy atom. The minimum atomic E-state index is -1.54. The zero-order valence-electron chi connectivity index (χ0n) is 35.1. The molecular formula is C49H51N4O9+. The lowest BCUT2D eigenvalue weighted by Crippen LogP contribution is -2.42. The number of hydrogen-bond donors (Lipinski definition) is 5. The molecule has 13 nitrogen and oxygen atoms in total. The molecule has 2 aliphatic rings. The molecule has 0 bridgehead atoms. The van der Waals surface area contributed by atoms with E-state index in [9.17, 15) is 33.9 Å². The van der Waals surface area contributed by atoms with E-state index in [0.717, 1.165) is 55.5 Å². The molecule has 2 aliphatic heterocycles. The molecule has 2 heterocycles. The first-order valence-electron chi connectivity index (χ1n) is 20.4. The van der Waals surface area contributed by atoms with Gasteiger partial charge in [0.25, 0.3) is 0 Å². The third-order valence-corrected chi connectivity index (χ3v) is 11.5. The third-order valence-electron chi connectivity index (χ3n) is 11.5. The zero-order valence-corrected chi connectivity index (χ0v) is 35.1. The second-order valence-corrected chi connectivity index (χ2v) is 16.4. The van der Waals surface area contributed by atoms with Gasteiger partial charge in [-0.05, 0) is 59.2 Å². The number of fused-ring (bicyclic) bond motifs is 6. The molecule has 13 heteroatoms. The van der Waals surface area contributed by atoms with Gasteiger partial charge in [-0.2, -0.15) is 4.58 Å². The highest BCUT2D eigenvalue weighted by Gasteiger charge is 2.46. The first-order chi connectivity index (χ1) is 29.5. The Hall–Kier alpha value is -7.15. The van der Waals surface area contributed by atoms with Crippen LogP contribution in [0.1, 0.15) is 64.5 Å². The van der Waals surface area contributed by atoms with Gasteiger partial charge in [0.15, 0.2) is 12.3 Å². The number of nitrogens with zero attached hydrogens (tertiary/aromatic N) is 2. The van der Waals surface area contributed by atoms with Gasteiger partial charge >= 0.3 is 17.9 Å². The van der Waals surface area contributed by atoms with Crippen molar-refractivity contribution in [3.8, 4) is 0 Å². The van der Waals surface area contributed by atoms with Gasteiger partial charge in [0, 0.05) is 47.5 Å². The lowest BCUT2D eigenvalue weighted by Gasteiger charge is -2.27. The largest absolute Gasteiger partial charge is 0.481 e. The van der Waals surface area contributed by atoms with E-state index in [-0.39, 0.29) is 19.4 Å². The SMILES string of the molecule is CC1(C)C(=CC=CC=CC=CC2=[N+](CCC(=O)NC(CC(=O)O)C(=O)O)c3ccc4ccccc4c3C2(C)C)N(CCC(=O)NC(C=O)CC(=O)O)c2ccc3ccccc3c21. The van der Waals surface area contributed by atoms with Gasteiger partial charge in [0.05, 0.1) is 30.7 Å². The Labute approximate surface area is 359 Å². The van der Waals surface area contributed by atoms with Crippen molar-refractivity contribution in [3.05, 3.63) is 132 Å². The number of rotatable bonds is 18. The molecular weight excluding hydrogens is 789 g/mol. The Balaban J connectivity index is 1.25. The van der Waals surface area contributed by atoms with Gasteiger partial charge in [-0.3, -0.25) is 19.2 Å². The van der Waals surface area contributed by atoms with Crippen LogP contribution in [0.25, 0.3) is 21.5 Å². The molecule has 4 aromatic rings. The topological polar surface area (TPSA) is 193 Å². The van der Waals surface area contributed by atoms with Gasteiger partial charge < -0.3 is 35.6 Å². The fourth-order valence-corrected chi connectivity index (χ4v) is 8.71. The zero-order chi connectivity index (χ0) is 44.8. The van der Waals surface area contributed by atoms with E-state index in [4.69, 9.17) is 10.2 Å². The number of carbonyl (C=O) groups is 6. The molecule has 2 amide bonds. The molecule has 2 atom stereocenters. The summed E-state index contributed by atoms with van der Waals surface area (Å²) in [6, 6.07) is 21.8. The maximum Gasteiger partial charge on any atom is 0.326 e. The lowest BCUT2D eigenvalue weighted by molar-refractivity contribution is -0.436. The van der Waals surface area contributed by atoms with Crippen LogP contribution in [0.5, 0.6) is 0 Å². The Morgan fingerprint density at radius 2 is 1.29 bits per heavy atom. The highest BCUT2D eigenvalue weighted by molar-refractivity contribution is 6.08. The number of carboxylic acid groups (broad SMARTS) is 3. The second kappa shape index (κ2) is 18.6. The van der Waals surface area contributed by atoms with Gasteiger partial charge in [0.1, 0.15) is 12.3 Å². The van der Waals surface area contributed by atoms with Crippen LogP contribution in [0, 0.1) is 0 Å². The minimum Gasteiger partial charge on any atom is -0.481 e. The smallest absolute Gasteiger partial charge is 0.326 e. The van der Waals surface area contributed by atoms with Crippen molar-refractivity contribution in [1.29, 1.82) is 0 Å². The normalized spacial score (nSPS) is 16.9. The monoisotopic (exact) mass is 839 g/mol. The molecule has 0 spiro atoms. The number of allylic oxidation sites excluding steroid dienone is 8. The summed E-state index contributed by atoms with van der Waals surface area (Å²) < 4.78 is 2.06. The number of aldehydes is 1. The number of aliphatic carboxylic acids is 3. The van der Waals surface area contributed by atoms with Gasteiger partial charge in [-0.25, -0.2) is 4.79 Å². The molecule has 5 N–H and O–H groups in total. The van der Waals surface area contributed by atoms with E-state index in [2.05, 4.69) is 84.2 Å². The summed E-state index contributed by atoms with van der Waals surface area (Å²) in [7, 11) is 0. The van der Waals surface area contributed by atoms with Gasteiger partial charge in [-0.15, -0.1) is 0 Å². The predicted molar refractivity (Wildman–Crippen MR) is 238 cm³/mol. The fraction of sp³-hybridized carbons (Fsp3) is 0.286. The summed E-state index contributed by atoms with van der Waals surface area (Å²) in [5.74, 6) is -4.92. The molecule has 0 radical (unpaired) electrons. The Morgan fingerprint density at radius 1 is 0.694 bits per heavy atom. The van der Waals surface area contributed by atoms with Crippen LogP contribution < -0.4 is 15.5 Å². The van der Waals surface area contributed by atoms with Crippen LogP contribution in [0.2, 0.25) is 0 Å². The van der Waals surface area contributed by atoms with Crippen molar-refractivity contribution in [2.45, 2.75) is 76.3 Å². The van der Waals surface area contributed by atoms with E-state index in [0.29, 0.717) is 12.8 Å². The van der Waals surface area contributed by atoms with Gasteiger partial charge in [-0.1, -0.05) is 98.8 Å². The van der Waals surface area contributed by atoms with Gasteiger partial charge in [0.2, 0.25) is 17.5 Å². The summed E-state index contributed by atoms with van der Waals surface area (Å²) in [6.07, 6.45) is 12.8. The standard InChI is InChI=1S/C49H50N4O9/c1-48(2)39(52(26-24-41(55)50-33(30-54)28-43(57)58)37-22-20-31-14-10-12-16-34(31)45(37)48)18-8-6-5-7-9-19-40-49(3,4)46-35-17-13-11-15-32(35)21-23-38(46)53(40)27-25-42(56)51-36(47(61)62)29-44(59)60/h5-23,30,33,36H,24-29H2,1-4H3,(H4-,50,51,55,56,57,58,59,60,61,62)/p+1. The molecule has 62 heavy (non-hydrogen) atoms. The lowest BCUT2D eigenvalue weighted by atomic mass is 9.79. The van der Waals surface area contributed by atoms with Crippen LogP contribution in [-0.4, -0.2) is 86.8 Å². The number of anilines is 1. The average molecular weight is 840 g/mol. The second-order valence-electron chi connectivity index (χ2n) is 16.4. The summed E-state index contributed by atoms with van der Waals surface area (Å²) >= 11 is 0. The first kappa shape index (κ1) is 44.4. The van der Waals surface area contributed by atoms with E-state index in [1.807, 2.05) is 78.9 Å². The van der Waals surface area contributed by atoms with Crippen LogP contribution >= 0.6 is 0 Å². The van der Waals surface area contributed by atoms with Crippen molar-refractivity contribution in [2.24, 2.45) is 0 Å². The number of benzene rings is 4. The maximum atomic E-state index is 13.0. The summed E-state index contributed by atoms with van der Waals surface area (Å²) in [4.78, 5) is 73.5. The Bertz CT molecular complexity index is 2620. The quantitative estimate of drug-likeness (QED) is 0.0409. The van der Waals surface area contributed by atoms with E-state index in [1.165, 1.54) is 0 Å². The number of nitrogens with one attached hydrogen (secondary N) is 2. The fourth-order valence-electron chi connectivity index (χ4n) is 8.71. The number of amides is 2. The van der Waals surface area contributed by atoms with Crippen LogP contribution in [0.3, 0.4) is 0 Å². The molecule has 0 aromatic heterocycles.